The van der Waals surface area contributed by atoms with Gasteiger partial charge in [0.25, 0.3) is 0 Å². The molecule has 1 fully saturated rings. The second kappa shape index (κ2) is 6.71. The molecule has 1 aliphatic carbocycles. The Kier molecular flexibility index (Phi) is 4.39. The van der Waals surface area contributed by atoms with E-state index in [1.54, 1.807) is 0 Å². The molecule has 0 bridgehead atoms. The van der Waals surface area contributed by atoms with Gasteiger partial charge in [0.1, 0.15) is 17.0 Å². The third-order valence-electron chi connectivity index (χ3n) is 5.12. The Morgan fingerprint density at radius 1 is 1.08 bits per heavy atom. The largest absolute Gasteiger partial charge is 0.367 e. The number of nitrogens with zero attached hydrogens (tertiary/aromatic N) is 3. The average molecular weight is 350 g/mol. The molecule has 0 unspecified atom stereocenters. The summed E-state index contributed by atoms with van der Waals surface area (Å²) < 4.78 is 5.68. The van der Waals surface area contributed by atoms with E-state index in [9.17, 15) is 0 Å². The van der Waals surface area contributed by atoms with Crippen LogP contribution < -0.4 is 5.32 Å². The van der Waals surface area contributed by atoms with Gasteiger partial charge in [-0.2, -0.15) is 0 Å². The maximum Gasteiger partial charge on any atom is 0.228 e. The van der Waals surface area contributed by atoms with Crippen molar-refractivity contribution in [2.24, 2.45) is 5.92 Å². The molecular formula is C21H26N4O. The zero-order valence-corrected chi connectivity index (χ0v) is 16.0. The van der Waals surface area contributed by atoms with Crippen molar-refractivity contribution < 1.29 is 4.52 Å². The molecule has 5 nitrogen and oxygen atoms in total. The standard InChI is InChI=1S/C21H26N4O/c1-12-10-13(2)17(14(3)11-12)18-19-20(26-25-18)21(24-15(4)23-19)22-9-5-6-16-7-8-16/h10-11,16H,5-9H2,1-4H3,(H,22,23,24). The van der Waals surface area contributed by atoms with Crippen LogP contribution in [0.3, 0.4) is 0 Å². The molecule has 0 aliphatic heterocycles. The van der Waals surface area contributed by atoms with Gasteiger partial charge < -0.3 is 9.84 Å². The van der Waals surface area contributed by atoms with Crippen molar-refractivity contribution in [3.8, 4) is 11.3 Å². The van der Waals surface area contributed by atoms with E-state index in [2.05, 4.69) is 53.3 Å². The number of aromatic nitrogens is 3. The van der Waals surface area contributed by atoms with E-state index in [1.807, 2.05) is 6.92 Å². The van der Waals surface area contributed by atoms with Gasteiger partial charge >= 0.3 is 0 Å². The van der Waals surface area contributed by atoms with E-state index in [4.69, 9.17) is 4.52 Å². The smallest absolute Gasteiger partial charge is 0.228 e. The minimum absolute atomic E-state index is 0.649. The minimum Gasteiger partial charge on any atom is -0.367 e. The summed E-state index contributed by atoms with van der Waals surface area (Å²) in [7, 11) is 0. The summed E-state index contributed by atoms with van der Waals surface area (Å²) >= 11 is 0. The molecule has 2 aromatic heterocycles. The maximum absolute atomic E-state index is 5.68. The van der Waals surface area contributed by atoms with Gasteiger partial charge in [-0.05, 0) is 57.6 Å². The number of fused-ring (bicyclic) bond motifs is 1. The lowest BCUT2D eigenvalue weighted by molar-refractivity contribution is 0.459. The Labute approximate surface area is 154 Å². The van der Waals surface area contributed by atoms with Gasteiger partial charge in [0.15, 0.2) is 5.82 Å². The predicted octanol–water partition coefficient (Wildman–Crippen LogP) is 5.12. The molecule has 0 atom stereocenters. The second-order valence-electron chi connectivity index (χ2n) is 7.61. The Bertz CT molecular complexity index is 933. The number of rotatable bonds is 6. The summed E-state index contributed by atoms with van der Waals surface area (Å²) in [5.74, 6) is 2.44. The molecule has 5 heteroatoms. The quantitative estimate of drug-likeness (QED) is 0.625. The fourth-order valence-electron chi connectivity index (χ4n) is 3.79. The first-order valence-corrected chi connectivity index (χ1v) is 9.49. The molecule has 0 amide bonds. The van der Waals surface area contributed by atoms with E-state index in [0.29, 0.717) is 5.58 Å². The molecule has 26 heavy (non-hydrogen) atoms. The highest BCUT2D eigenvalue weighted by molar-refractivity contribution is 5.95. The van der Waals surface area contributed by atoms with Crippen LogP contribution in [0.4, 0.5) is 5.82 Å². The summed E-state index contributed by atoms with van der Waals surface area (Å²) in [4.78, 5) is 9.18. The van der Waals surface area contributed by atoms with Crippen molar-refractivity contribution in [1.29, 1.82) is 0 Å². The van der Waals surface area contributed by atoms with E-state index in [1.165, 1.54) is 36.0 Å². The minimum atomic E-state index is 0.649. The van der Waals surface area contributed by atoms with Crippen LogP contribution in [0.15, 0.2) is 16.7 Å². The molecular weight excluding hydrogens is 324 g/mol. The monoisotopic (exact) mass is 350 g/mol. The maximum atomic E-state index is 5.68. The fourth-order valence-corrected chi connectivity index (χ4v) is 3.79. The van der Waals surface area contributed by atoms with Crippen molar-refractivity contribution >= 4 is 16.9 Å². The van der Waals surface area contributed by atoms with Crippen molar-refractivity contribution in [2.75, 3.05) is 11.9 Å². The summed E-state index contributed by atoms with van der Waals surface area (Å²) in [5, 5.41) is 7.80. The lowest BCUT2D eigenvalue weighted by Gasteiger charge is -2.09. The number of benzene rings is 1. The third kappa shape index (κ3) is 3.30. The molecule has 0 spiro atoms. The van der Waals surface area contributed by atoms with Gasteiger partial charge in [-0.1, -0.05) is 35.7 Å². The summed E-state index contributed by atoms with van der Waals surface area (Å²) in [6.07, 6.45) is 5.26. The zero-order chi connectivity index (χ0) is 18.3. The Hall–Kier alpha value is -2.43. The first-order chi connectivity index (χ1) is 12.5. The van der Waals surface area contributed by atoms with Gasteiger partial charge in [0.2, 0.25) is 5.58 Å². The van der Waals surface area contributed by atoms with Crippen LogP contribution in [0.25, 0.3) is 22.4 Å². The second-order valence-corrected chi connectivity index (χ2v) is 7.61. The summed E-state index contributed by atoms with van der Waals surface area (Å²) in [6.45, 7) is 9.16. The molecule has 0 saturated heterocycles. The van der Waals surface area contributed by atoms with Gasteiger partial charge in [-0.3, -0.25) is 0 Å². The van der Waals surface area contributed by atoms with Crippen LogP contribution in [0, 0.1) is 33.6 Å². The molecule has 2 heterocycles. The lowest BCUT2D eigenvalue weighted by atomic mass is 9.97. The molecule has 1 saturated carbocycles. The van der Waals surface area contributed by atoms with E-state index < -0.39 is 0 Å². The number of aryl methyl sites for hydroxylation is 4. The Balaban J connectivity index is 1.69. The van der Waals surface area contributed by atoms with Gasteiger partial charge in [0.05, 0.1) is 0 Å². The van der Waals surface area contributed by atoms with E-state index in [0.717, 1.165) is 47.3 Å². The summed E-state index contributed by atoms with van der Waals surface area (Å²) in [5.41, 5.74) is 6.98. The van der Waals surface area contributed by atoms with Crippen molar-refractivity contribution in [1.82, 2.24) is 15.1 Å². The zero-order valence-electron chi connectivity index (χ0n) is 16.0. The van der Waals surface area contributed by atoms with Crippen LogP contribution in [-0.4, -0.2) is 21.7 Å². The van der Waals surface area contributed by atoms with Gasteiger partial charge in [0, 0.05) is 12.1 Å². The van der Waals surface area contributed by atoms with Crippen LogP contribution >= 0.6 is 0 Å². The normalized spacial score (nSPS) is 14.2. The van der Waals surface area contributed by atoms with Crippen molar-refractivity contribution in [2.45, 2.75) is 53.4 Å². The SMILES string of the molecule is Cc1cc(C)c(-c2noc3c(NCCCC4CC4)nc(C)nc23)c(C)c1. The molecule has 136 valence electrons. The molecule has 1 N–H and O–H groups in total. The Morgan fingerprint density at radius 2 is 1.81 bits per heavy atom. The molecule has 1 aromatic carbocycles. The molecule has 3 aromatic rings. The first kappa shape index (κ1) is 17.0. The molecule has 1 aliphatic rings. The van der Waals surface area contributed by atoms with Crippen molar-refractivity contribution in [3.63, 3.8) is 0 Å². The topological polar surface area (TPSA) is 63.8 Å². The molecule has 4 rings (SSSR count). The fraction of sp³-hybridized carbons (Fsp3) is 0.476. The van der Waals surface area contributed by atoms with Crippen molar-refractivity contribution in [3.05, 3.63) is 34.6 Å². The highest BCUT2D eigenvalue weighted by Gasteiger charge is 2.22. The number of hydrogen-bond donors (Lipinski definition) is 1. The van der Waals surface area contributed by atoms with Crippen LogP contribution in [-0.2, 0) is 0 Å². The van der Waals surface area contributed by atoms with Crippen LogP contribution in [0.5, 0.6) is 0 Å². The predicted molar refractivity (Wildman–Crippen MR) is 104 cm³/mol. The average Bonchev–Trinajstić information content (AvgIpc) is 3.31. The molecule has 0 radical (unpaired) electrons. The lowest BCUT2D eigenvalue weighted by Crippen LogP contribution is -2.05. The first-order valence-electron chi connectivity index (χ1n) is 9.49. The van der Waals surface area contributed by atoms with Crippen LogP contribution in [0.1, 0.15) is 48.2 Å². The third-order valence-corrected chi connectivity index (χ3v) is 5.12. The van der Waals surface area contributed by atoms with E-state index in [-0.39, 0.29) is 0 Å². The van der Waals surface area contributed by atoms with Gasteiger partial charge in [-0.15, -0.1) is 0 Å². The number of hydrogen-bond acceptors (Lipinski definition) is 5. The highest BCUT2D eigenvalue weighted by atomic mass is 16.5. The van der Waals surface area contributed by atoms with E-state index >= 15 is 0 Å². The van der Waals surface area contributed by atoms with Crippen LogP contribution in [0.2, 0.25) is 0 Å². The highest BCUT2D eigenvalue weighted by Crippen LogP contribution is 2.35. The number of anilines is 1. The summed E-state index contributed by atoms with van der Waals surface area (Å²) in [6, 6.07) is 4.35. The van der Waals surface area contributed by atoms with Gasteiger partial charge in [-0.25, -0.2) is 9.97 Å². The number of nitrogens with one attached hydrogen (secondary N) is 1. The Morgan fingerprint density at radius 3 is 2.50 bits per heavy atom.